The average Bonchev–Trinajstić information content (AvgIpc) is 2.94. The summed E-state index contributed by atoms with van der Waals surface area (Å²) < 4.78 is 27.2. The Hall–Kier alpha value is -1.40. The molecule has 0 aromatic heterocycles. The van der Waals surface area contributed by atoms with Crippen LogP contribution < -0.4 is 4.72 Å². The SMILES string of the molecule is Cc1ccc(S(=O)(=O)N[C@H](C)C(=O)N2CCCC2)cc1C. The minimum atomic E-state index is -3.67. The molecule has 6 heteroatoms. The van der Waals surface area contributed by atoms with Gasteiger partial charge in [-0.15, -0.1) is 0 Å². The van der Waals surface area contributed by atoms with Crippen molar-refractivity contribution in [3.8, 4) is 0 Å². The number of amides is 1. The van der Waals surface area contributed by atoms with Crippen LogP contribution in [0.2, 0.25) is 0 Å². The number of nitrogens with one attached hydrogen (secondary N) is 1. The fourth-order valence-corrected chi connectivity index (χ4v) is 3.73. The van der Waals surface area contributed by atoms with Gasteiger partial charge in [-0.3, -0.25) is 4.79 Å². The number of sulfonamides is 1. The Morgan fingerprint density at radius 2 is 1.81 bits per heavy atom. The number of nitrogens with zero attached hydrogens (tertiary/aromatic N) is 1. The van der Waals surface area contributed by atoms with E-state index in [1.165, 1.54) is 0 Å². The number of likely N-dealkylation sites (tertiary alicyclic amines) is 1. The van der Waals surface area contributed by atoms with Crippen molar-refractivity contribution in [2.45, 2.75) is 44.6 Å². The first-order valence-corrected chi connectivity index (χ1v) is 8.68. The third-order valence-electron chi connectivity index (χ3n) is 3.91. The number of carbonyl (C=O) groups is 1. The van der Waals surface area contributed by atoms with Gasteiger partial charge in [0.2, 0.25) is 15.9 Å². The van der Waals surface area contributed by atoms with Gasteiger partial charge in [0.05, 0.1) is 10.9 Å². The van der Waals surface area contributed by atoms with Crippen LogP contribution in [0.15, 0.2) is 23.1 Å². The molecule has 0 aliphatic carbocycles. The maximum atomic E-state index is 12.3. The molecule has 0 spiro atoms. The normalized spacial score (nSPS) is 17.0. The van der Waals surface area contributed by atoms with E-state index in [2.05, 4.69) is 4.72 Å². The van der Waals surface area contributed by atoms with Crippen LogP contribution in [-0.4, -0.2) is 38.4 Å². The zero-order valence-electron chi connectivity index (χ0n) is 12.7. The summed E-state index contributed by atoms with van der Waals surface area (Å²) in [5, 5.41) is 0. The monoisotopic (exact) mass is 310 g/mol. The lowest BCUT2D eigenvalue weighted by Gasteiger charge is -2.21. The number of benzene rings is 1. The first-order valence-electron chi connectivity index (χ1n) is 7.19. The Labute approximate surface area is 126 Å². The summed E-state index contributed by atoms with van der Waals surface area (Å²) in [6, 6.07) is 4.23. The Balaban J connectivity index is 2.12. The lowest BCUT2D eigenvalue weighted by atomic mass is 10.1. The van der Waals surface area contributed by atoms with Gasteiger partial charge in [0.1, 0.15) is 0 Å². The zero-order chi connectivity index (χ0) is 15.6. The van der Waals surface area contributed by atoms with E-state index in [1.807, 2.05) is 13.8 Å². The van der Waals surface area contributed by atoms with E-state index in [0.29, 0.717) is 13.1 Å². The average molecular weight is 310 g/mol. The van der Waals surface area contributed by atoms with Crippen LogP contribution in [0.1, 0.15) is 30.9 Å². The summed E-state index contributed by atoms with van der Waals surface area (Å²) in [6.07, 6.45) is 1.98. The highest BCUT2D eigenvalue weighted by molar-refractivity contribution is 7.89. The van der Waals surface area contributed by atoms with E-state index in [0.717, 1.165) is 24.0 Å². The molecule has 0 unspecified atom stereocenters. The molecule has 1 aliphatic rings. The molecule has 1 heterocycles. The second kappa shape index (κ2) is 6.15. The van der Waals surface area contributed by atoms with Gasteiger partial charge in [-0.1, -0.05) is 6.07 Å². The predicted octanol–water partition coefficient (Wildman–Crippen LogP) is 1.59. The van der Waals surface area contributed by atoms with Crippen LogP contribution in [0, 0.1) is 13.8 Å². The third kappa shape index (κ3) is 3.63. The number of hydrogen-bond acceptors (Lipinski definition) is 3. The molecule has 116 valence electrons. The molecule has 21 heavy (non-hydrogen) atoms. The predicted molar refractivity (Wildman–Crippen MR) is 81.5 cm³/mol. The van der Waals surface area contributed by atoms with Crippen molar-refractivity contribution in [1.29, 1.82) is 0 Å². The van der Waals surface area contributed by atoms with Crippen LogP contribution in [0.3, 0.4) is 0 Å². The molecule has 1 amide bonds. The molecule has 1 aliphatic heterocycles. The zero-order valence-corrected chi connectivity index (χ0v) is 13.5. The second-order valence-corrected chi connectivity index (χ2v) is 7.34. The van der Waals surface area contributed by atoms with E-state index in [4.69, 9.17) is 0 Å². The summed E-state index contributed by atoms with van der Waals surface area (Å²) in [7, 11) is -3.67. The first-order chi connectivity index (χ1) is 9.81. The maximum Gasteiger partial charge on any atom is 0.241 e. The van der Waals surface area contributed by atoms with Crippen molar-refractivity contribution >= 4 is 15.9 Å². The fraction of sp³-hybridized carbons (Fsp3) is 0.533. The van der Waals surface area contributed by atoms with E-state index in [-0.39, 0.29) is 10.8 Å². The van der Waals surface area contributed by atoms with Crippen molar-refractivity contribution in [1.82, 2.24) is 9.62 Å². The smallest absolute Gasteiger partial charge is 0.241 e. The van der Waals surface area contributed by atoms with E-state index in [9.17, 15) is 13.2 Å². The fourth-order valence-electron chi connectivity index (χ4n) is 2.44. The topological polar surface area (TPSA) is 66.5 Å². The molecule has 0 saturated carbocycles. The lowest BCUT2D eigenvalue weighted by Crippen LogP contribution is -2.45. The highest BCUT2D eigenvalue weighted by Crippen LogP contribution is 2.16. The van der Waals surface area contributed by atoms with Gasteiger partial charge in [-0.2, -0.15) is 4.72 Å². The van der Waals surface area contributed by atoms with Gasteiger partial charge in [0.15, 0.2) is 0 Å². The molecule has 1 fully saturated rings. The number of rotatable bonds is 4. The van der Waals surface area contributed by atoms with Crippen molar-refractivity contribution in [3.63, 3.8) is 0 Å². The summed E-state index contributed by atoms with van der Waals surface area (Å²) in [5.41, 5.74) is 1.95. The Kier molecular flexibility index (Phi) is 4.68. The number of carbonyl (C=O) groups excluding carboxylic acids is 1. The Bertz CT molecular complexity index is 634. The Morgan fingerprint density at radius 3 is 2.38 bits per heavy atom. The molecule has 5 nitrogen and oxygen atoms in total. The van der Waals surface area contributed by atoms with Crippen LogP contribution >= 0.6 is 0 Å². The van der Waals surface area contributed by atoms with Crippen molar-refractivity contribution in [3.05, 3.63) is 29.3 Å². The highest BCUT2D eigenvalue weighted by atomic mass is 32.2. The molecular weight excluding hydrogens is 288 g/mol. The van der Waals surface area contributed by atoms with Gasteiger partial charge >= 0.3 is 0 Å². The van der Waals surface area contributed by atoms with Crippen LogP contribution in [-0.2, 0) is 14.8 Å². The minimum Gasteiger partial charge on any atom is -0.341 e. The third-order valence-corrected chi connectivity index (χ3v) is 5.45. The maximum absolute atomic E-state index is 12.3. The van der Waals surface area contributed by atoms with Crippen LogP contribution in [0.25, 0.3) is 0 Å². The first kappa shape index (κ1) is 16.0. The van der Waals surface area contributed by atoms with E-state index < -0.39 is 16.1 Å². The van der Waals surface area contributed by atoms with E-state index in [1.54, 1.807) is 30.0 Å². The molecule has 0 bridgehead atoms. The Morgan fingerprint density at radius 1 is 1.19 bits per heavy atom. The molecular formula is C15H22N2O3S. The van der Waals surface area contributed by atoms with Crippen LogP contribution in [0.4, 0.5) is 0 Å². The minimum absolute atomic E-state index is 0.153. The largest absolute Gasteiger partial charge is 0.341 e. The summed E-state index contributed by atoms with van der Waals surface area (Å²) >= 11 is 0. The van der Waals surface area contributed by atoms with Crippen molar-refractivity contribution < 1.29 is 13.2 Å². The van der Waals surface area contributed by atoms with Crippen molar-refractivity contribution in [2.24, 2.45) is 0 Å². The van der Waals surface area contributed by atoms with E-state index >= 15 is 0 Å². The molecule has 2 rings (SSSR count). The van der Waals surface area contributed by atoms with Crippen LogP contribution in [0.5, 0.6) is 0 Å². The standard InChI is InChI=1S/C15H22N2O3S/c1-11-6-7-14(10-12(11)2)21(19,20)16-13(3)15(18)17-8-4-5-9-17/h6-7,10,13,16H,4-5,8-9H2,1-3H3/t13-/m1/s1. The molecule has 1 aromatic rings. The summed E-state index contributed by atoms with van der Waals surface area (Å²) in [5.74, 6) is -0.153. The number of hydrogen-bond donors (Lipinski definition) is 1. The van der Waals surface area contributed by atoms with Crippen molar-refractivity contribution in [2.75, 3.05) is 13.1 Å². The van der Waals surface area contributed by atoms with Gasteiger partial charge in [-0.25, -0.2) is 8.42 Å². The lowest BCUT2D eigenvalue weighted by molar-refractivity contribution is -0.131. The highest BCUT2D eigenvalue weighted by Gasteiger charge is 2.27. The number of aryl methyl sites for hydroxylation is 2. The van der Waals surface area contributed by atoms with Gasteiger partial charge in [-0.05, 0) is 56.9 Å². The van der Waals surface area contributed by atoms with Gasteiger partial charge in [0.25, 0.3) is 0 Å². The molecule has 1 aromatic carbocycles. The second-order valence-electron chi connectivity index (χ2n) is 5.62. The quantitative estimate of drug-likeness (QED) is 0.918. The van der Waals surface area contributed by atoms with Gasteiger partial charge in [0, 0.05) is 13.1 Å². The molecule has 1 saturated heterocycles. The summed E-state index contributed by atoms with van der Waals surface area (Å²) in [4.78, 5) is 14.1. The molecule has 0 radical (unpaired) electrons. The van der Waals surface area contributed by atoms with Gasteiger partial charge < -0.3 is 4.90 Å². The summed E-state index contributed by atoms with van der Waals surface area (Å²) in [6.45, 7) is 6.83. The molecule has 1 atom stereocenters. The molecule has 1 N–H and O–H groups in total.